The summed E-state index contributed by atoms with van der Waals surface area (Å²) >= 11 is 0. The Morgan fingerprint density at radius 2 is 2.36 bits per heavy atom. The van der Waals surface area contributed by atoms with E-state index in [0.717, 1.165) is 12.0 Å². The zero-order valence-corrected chi connectivity index (χ0v) is 6.18. The average Bonchev–Trinajstić information content (AvgIpc) is 1.97. The van der Waals surface area contributed by atoms with E-state index in [-0.39, 0.29) is 5.82 Å². The van der Waals surface area contributed by atoms with E-state index >= 15 is 0 Å². The molecule has 0 radical (unpaired) electrons. The molecule has 1 nitrogen and oxygen atoms in total. The second-order valence-electron chi connectivity index (χ2n) is 2.98. The summed E-state index contributed by atoms with van der Waals surface area (Å²) in [5.74, 6) is 0.252. The minimum absolute atomic E-state index is 0.151. The Labute approximate surface area is 65.0 Å². The number of benzene rings is 1. The Bertz CT molecular complexity index is 283. The predicted molar refractivity (Wildman–Crippen MR) is 41.9 cm³/mol. The lowest BCUT2D eigenvalue weighted by molar-refractivity contribution is 0.583. The van der Waals surface area contributed by atoms with Crippen LogP contribution in [0.15, 0.2) is 18.2 Å². The molecule has 0 bridgehead atoms. The van der Waals surface area contributed by atoms with E-state index in [4.69, 9.17) is 5.73 Å². The van der Waals surface area contributed by atoms with Crippen molar-refractivity contribution in [2.24, 2.45) is 5.73 Å². The first-order valence-electron chi connectivity index (χ1n) is 3.79. The number of fused-ring (bicyclic) bond motifs is 1. The first-order chi connectivity index (χ1) is 5.31. The monoisotopic (exact) mass is 151 g/mol. The second kappa shape index (κ2) is 2.31. The van der Waals surface area contributed by atoms with Gasteiger partial charge in [-0.3, -0.25) is 0 Å². The van der Waals surface area contributed by atoms with Crippen LogP contribution in [-0.2, 0) is 6.42 Å². The van der Waals surface area contributed by atoms with Crippen molar-refractivity contribution in [2.75, 3.05) is 6.54 Å². The molecule has 1 aromatic rings. The third-order valence-corrected chi connectivity index (χ3v) is 2.30. The normalized spacial score (nSPS) is 20.7. The fraction of sp³-hybridized carbons (Fsp3) is 0.333. The van der Waals surface area contributed by atoms with Gasteiger partial charge in [-0.1, -0.05) is 6.07 Å². The fourth-order valence-corrected chi connectivity index (χ4v) is 1.59. The van der Waals surface area contributed by atoms with Crippen LogP contribution in [0.5, 0.6) is 0 Å². The topological polar surface area (TPSA) is 26.0 Å². The molecule has 2 N–H and O–H groups in total. The van der Waals surface area contributed by atoms with E-state index in [1.165, 1.54) is 11.6 Å². The Morgan fingerprint density at radius 1 is 1.55 bits per heavy atom. The van der Waals surface area contributed by atoms with Gasteiger partial charge in [-0.2, -0.15) is 0 Å². The molecule has 1 aliphatic carbocycles. The van der Waals surface area contributed by atoms with Gasteiger partial charge >= 0.3 is 0 Å². The second-order valence-corrected chi connectivity index (χ2v) is 2.98. The molecule has 2 heteroatoms. The maximum atomic E-state index is 12.7. The van der Waals surface area contributed by atoms with Crippen LogP contribution < -0.4 is 5.73 Å². The van der Waals surface area contributed by atoms with Crippen molar-refractivity contribution < 1.29 is 4.39 Å². The maximum absolute atomic E-state index is 12.7. The lowest BCUT2D eigenvalue weighted by Crippen LogP contribution is -2.24. The molecule has 2 rings (SSSR count). The van der Waals surface area contributed by atoms with Crippen LogP contribution in [0.25, 0.3) is 0 Å². The van der Waals surface area contributed by atoms with Gasteiger partial charge in [-0.25, -0.2) is 4.39 Å². The third-order valence-electron chi connectivity index (χ3n) is 2.30. The minimum Gasteiger partial charge on any atom is -0.330 e. The van der Waals surface area contributed by atoms with E-state index in [1.807, 2.05) is 6.07 Å². The number of nitrogens with two attached hydrogens (primary N) is 1. The van der Waals surface area contributed by atoms with Gasteiger partial charge in [0.25, 0.3) is 0 Å². The van der Waals surface area contributed by atoms with Crippen LogP contribution in [0.4, 0.5) is 4.39 Å². The molecule has 0 saturated heterocycles. The van der Waals surface area contributed by atoms with Gasteiger partial charge in [-0.05, 0) is 36.2 Å². The first-order valence-corrected chi connectivity index (χ1v) is 3.79. The number of halogens is 1. The van der Waals surface area contributed by atoms with Gasteiger partial charge in [0.1, 0.15) is 5.82 Å². The maximum Gasteiger partial charge on any atom is 0.123 e. The highest BCUT2D eigenvalue weighted by Gasteiger charge is 2.24. The molecular formula is C9H10FN. The van der Waals surface area contributed by atoms with Gasteiger partial charge in [0, 0.05) is 5.92 Å². The van der Waals surface area contributed by atoms with Gasteiger partial charge in [-0.15, -0.1) is 0 Å². The quantitative estimate of drug-likeness (QED) is 0.645. The third kappa shape index (κ3) is 0.942. The highest BCUT2D eigenvalue weighted by atomic mass is 19.1. The number of hydrogen-bond acceptors (Lipinski definition) is 1. The summed E-state index contributed by atoms with van der Waals surface area (Å²) in [6.45, 7) is 0.635. The van der Waals surface area contributed by atoms with Gasteiger partial charge in [0.05, 0.1) is 0 Å². The van der Waals surface area contributed by atoms with Gasteiger partial charge in [0.15, 0.2) is 0 Å². The molecule has 1 aromatic carbocycles. The van der Waals surface area contributed by atoms with Crippen LogP contribution in [0, 0.1) is 5.82 Å². The van der Waals surface area contributed by atoms with Crippen molar-refractivity contribution in [1.29, 1.82) is 0 Å². The molecule has 0 amide bonds. The first kappa shape index (κ1) is 6.80. The lowest BCUT2D eigenvalue weighted by atomic mass is 9.78. The molecule has 0 saturated carbocycles. The van der Waals surface area contributed by atoms with Gasteiger partial charge < -0.3 is 5.73 Å². The molecule has 1 atom stereocenters. The molecule has 0 unspecified atom stereocenters. The van der Waals surface area contributed by atoms with E-state index in [2.05, 4.69) is 0 Å². The summed E-state index contributed by atoms with van der Waals surface area (Å²) < 4.78 is 12.7. The number of rotatable bonds is 1. The lowest BCUT2D eigenvalue weighted by Gasteiger charge is -2.28. The Balaban J connectivity index is 2.37. The smallest absolute Gasteiger partial charge is 0.123 e. The highest BCUT2D eigenvalue weighted by Crippen LogP contribution is 2.34. The minimum atomic E-state index is -0.151. The summed E-state index contributed by atoms with van der Waals surface area (Å²) in [5.41, 5.74) is 7.83. The van der Waals surface area contributed by atoms with Crippen LogP contribution in [0.1, 0.15) is 17.0 Å². The largest absolute Gasteiger partial charge is 0.330 e. The molecule has 58 valence electrons. The van der Waals surface area contributed by atoms with Crippen molar-refractivity contribution in [3.05, 3.63) is 35.1 Å². The van der Waals surface area contributed by atoms with E-state index < -0.39 is 0 Å². The van der Waals surface area contributed by atoms with Gasteiger partial charge in [0.2, 0.25) is 0 Å². The summed E-state index contributed by atoms with van der Waals surface area (Å²) in [6.07, 6.45) is 1.02. The Kier molecular flexibility index (Phi) is 1.43. The summed E-state index contributed by atoms with van der Waals surface area (Å²) in [6, 6.07) is 4.94. The van der Waals surface area contributed by atoms with Crippen LogP contribution in [-0.4, -0.2) is 6.54 Å². The van der Waals surface area contributed by atoms with Crippen molar-refractivity contribution in [3.63, 3.8) is 0 Å². The van der Waals surface area contributed by atoms with E-state index in [9.17, 15) is 4.39 Å². The number of hydrogen-bond donors (Lipinski definition) is 1. The molecule has 0 aliphatic heterocycles. The summed E-state index contributed by atoms with van der Waals surface area (Å²) in [4.78, 5) is 0. The average molecular weight is 151 g/mol. The Morgan fingerprint density at radius 3 is 3.09 bits per heavy atom. The molecule has 0 fully saturated rings. The predicted octanol–water partition coefficient (Wildman–Crippen LogP) is 1.42. The highest BCUT2D eigenvalue weighted by molar-refractivity contribution is 5.40. The van der Waals surface area contributed by atoms with Crippen LogP contribution in [0.3, 0.4) is 0 Å². The molecule has 0 heterocycles. The molecule has 11 heavy (non-hydrogen) atoms. The molecule has 1 aliphatic rings. The SMILES string of the molecule is NC[C@H]1Cc2ccc(F)cc21. The zero-order chi connectivity index (χ0) is 7.84. The van der Waals surface area contributed by atoms with Crippen molar-refractivity contribution in [2.45, 2.75) is 12.3 Å². The van der Waals surface area contributed by atoms with Crippen molar-refractivity contribution >= 4 is 0 Å². The fourth-order valence-electron chi connectivity index (χ4n) is 1.59. The standard InChI is InChI=1S/C9H10FN/c10-8-2-1-6-3-7(5-11)9(6)4-8/h1-2,4,7H,3,5,11H2/t7-/m1/s1. The zero-order valence-electron chi connectivity index (χ0n) is 6.18. The van der Waals surface area contributed by atoms with Crippen molar-refractivity contribution in [1.82, 2.24) is 0 Å². The molecular weight excluding hydrogens is 141 g/mol. The van der Waals surface area contributed by atoms with Crippen LogP contribution in [0.2, 0.25) is 0 Å². The van der Waals surface area contributed by atoms with E-state index in [0.29, 0.717) is 12.5 Å². The van der Waals surface area contributed by atoms with Crippen LogP contribution >= 0.6 is 0 Å². The molecule has 0 aromatic heterocycles. The molecule has 0 spiro atoms. The Hall–Kier alpha value is -0.890. The summed E-state index contributed by atoms with van der Waals surface area (Å²) in [5, 5.41) is 0. The van der Waals surface area contributed by atoms with Crippen molar-refractivity contribution in [3.8, 4) is 0 Å². The van der Waals surface area contributed by atoms with E-state index in [1.54, 1.807) is 6.07 Å². The summed E-state index contributed by atoms with van der Waals surface area (Å²) in [7, 11) is 0.